The van der Waals surface area contributed by atoms with Crippen LogP contribution in [-0.4, -0.2) is 18.2 Å². The molecule has 22 heavy (non-hydrogen) atoms. The molecule has 2 N–H and O–H groups in total. The summed E-state index contributed by atoms with van der Waals surface area (Å²) in [6, 6.07) is 15.6. The minimum atomic E-state index is -0.217. The number of nitrogens with zero attached hydrogens (tertiary/aromatic N) is 1. The van der Waals surface area contributed by atoms with Gasteiger partial charge in [-0.3, -0.25) is 9.59 Å². The van der Waals surface area contributed by atoms with Gasteiger partial charge in [0.25, 0.3) is 0 Å². The maximum absolute atomic E-state index is 11.8. The van der Waals surface area contributed by atoms with Crippen LogP contribution in [0, 0.1) is 11.3 Å². The average Bonchev–Trinajstić information content (AvgIpc) is 2.53. The minimum Gasteiger partial charge on any atom is -0.376 e. The number of nitriles is 1. The Kier molecular flexibility index (Phi) is 4.89. The largest absolute Gasteiger partial charge is 0.376 e. The van der Waals surface area contributed by atoms with E-state index < -0.39 is 0 Å². The average molecular weight is 293 g/mol. The molecule has 1 amide bonds. The standard InChI is InChI=1S/C17H15N3O2/c1-12(21)14-5-7-15(8-6-14)19-11-17(22)20-16-4-2-3-13(9-16)10-18/h2-9,19H,11H2,1H3,(H,20,22). The van der Waals surface area contributed by atoms with Crippen molar-refractivity contribution in [3.8, 4) is 6.07 Å². The number of amides is 1. The van der Waals surface area contributed by atoms with E-state index in [0.29, 0.717) is 16.8 Å². The molecular weight excluding hydrogens is 278 g/mol. The van der Waals surface area contributed by atoms with Crippen LogP contribution >= 0.6 is 0 Å². The monoisotopic (exact) mass is 293 g/mol. The van der Waals surface area contributed by atoms with Crippen molar-refractivity contribution in [2.75, 3.05) is 17.2 Å². The second-order valence-electron chi connectivity index (χ2n) is 4.73. The predicted molar refractivity (Wildman–Crippen MR) is 84.7 cm³/mol. The Balaban J connectivity index is 1.89. The number of hydrogen-bond donors (Lipinski definition) is 2. The molecule has 0 heterocycles. The number of rotatable bonds is 5. The van der Waals surface area contributed by atoms with Gasteiger partial charge in [-0.1, -0.05) is 6.07 Å². The van der Waals surface area contributed by atoms with Crippen LogP contribution in [0.15, 0.2) is 48.5 Å². The zero-order valence-electron chi connectivity index (χ0n) is 12.1. The summed E-state index contributed by atoms with van der Waals surface area (Å²) < 4.78 is 0. The van der Waals surface area contributed by atoms with Gasteiger partial charge in [-0.15, -0.1) is 0 Å². The Morgan fingerprint density at radius 3 is 2.45 bits per heavy atom. The Hall–Kier alpha value is -3.13. The van der Waals surface area contributed by atoms with E-state index >= 15 is 0 Å². The topological polar surface area (TPSA) is 82.0 Å². The van der Waals surface area contributed by atoms with E-state index in [1.54, 1.807) is 48.5 Å². The normalized spacial score (nSPS) is 9.64. The van der Waals surface area contributed by atoms with Gasteiger partial charge in [0.15, 0.2) is 5.78 Å². The maximum atomic E-state index is 11.8. The van der Waals surface area contributed by atoms with Crippen molar-refractivity contribution in [2.24, 2.45) is 0 Å². The molecule has 0 aliphatic heterocycles. The van der Waals surface area contributed by atoms with Gasteiger partial charge >= 0.3 is 0 Å². The molecule has 0 spiro atoms. The van der Waals surface area contributed by atoms with Crippen molar-refractivity contribution in [3.05, 3.63) is 59.7 Å². The van der Waals surface area contributed by atoms with Crippen LogP contribution in [0.2, 0.25) is 0 Å². The van der Waals surface area contributed by atoms with Crippen LogP contribution in [0.4, 0.5) is 11.4 Å². The van der Waals surface area contributed by atoms with Crippen LogP contribution in [-0.2, 0) is 4.79 Å². The number of benzene rings is 2. The third-order valence-electron chi connectivity index (χ3n) is 3.02. The van der Waals surface area contributed by atoms with Gasteiger partial charge in [0.05, 0.1) is 18.2 Å². The molecule has 2 aromatic rings. The van der Waals surface area contributed by atoms with Crippen molar-refractivity contribution in [2.45, 2.75) is 6.92 Å². The summed E-state index contributed by atoms with van der Waals surface area (Å²) in [6.07, 6.45) is 0. The summed E-state index contributed by atoms with van der Waals surface area (Å²) in [6.45, 7) is 1.60. The summed E-state index contributed by atoms with van der Waals surface area (Å²) in [5.41, 5.74) is 2.46. The highest BCUT2D eigenvalue weighted by atomic mass is 16.2. The molecule has 110 valence electrons. The Labute approximate surface area is 128 Å². The van der Waals surface area contributed by atoms with Gasteiger partial charge in [0, 0.05) is 16.9 Å². The van der Waals surface area contributed by atoms with Gasteiger partial charge in [0.2, 0.25) is 5.91 Å². The fraction of sp³-hybridized carbons (Fsp3) is 0.118. The van der Waals surface area contributed by atoms with E-state index in [1.165, 1.54) is 6.92 Å². The fourth-order valence-electron chi connectivity index (χ4n) is 1.88. The zero-order valence-corrected chi connectivity index (χ0v) is 12.1. The van der Waals surface area contributed by atoms with Crippen LogP contribution < -0.4 is 10.6 Å². The highest BCUT2D eigenvalue weighted by Gasteiger charge is 2.04. The molecule has 0 saturated carbocycles. The van der Waals surface area contributed by atoms with Crippen molar-refractivity contribution < 1.29 is 9.59 Å². The maximum Gasteiger partial charge on any atom is 0.243 e. The Bertz CT molecular complexity index is 730. The summed E-state index contributed by atoms with van der Waals surface area (Å²) in [4.78, 5) is 23.0. The van der Waals surface area contributed by atoms with Crippen LogP contribution in [0.25, 0.3) is 0 Å². The lowest BCUT2D eigenvalue weighted by Crippen LogP contribution is -2.21. The summed E-state index contributed by atoms with van der Waals surface area (Å²) in [5.74, 6) is -0.215. The van der Waals surface area contributed by atoms with Crippen LogP contribution in [0.5, 0.6) is 0 Å². The minimum absolute atomic E-state index is 0.00154. The van der Waals surface area contributed by atoms with Crippen LogP contribution in [0.3, 0.4) is 0 Å². The first kappa shape index (κ1) is 15.3. The van der Waals surface area contributed by atoms with E-state index in [2.05, 4.69) is 10.6 Å². The van der Waals surface area contributed by atoms with E-state index in [-0.39, 0.29) is 18.2 Å². The lowest BCUT2D eigenvalue weighted by Gasteiger charge is -2.08. The molecule has 5 heteroatoms. The molecule has 0 aromatic heterocycles. The first-order valence-electron chi connectivity index (χ1n) is 6.73. The lowest BCUT2D eigenvalue weighted by molar-refractivity contribution is -0.114. The number of carbonyl (C=O) groups is 2. The quantitative estimate of drug-likeness (QED) is 0.830. The molecule has 2 rings (SSSR count). The van der Waals surface area contributed by atoms with Gasteiger partial charge in [-0.25, -0.2) is 0 Å². The number of anilines is 2. The molecule has 0 aliphatic carbocycles. The molecule has 0 radical (unpaired) electrons. The van der Waals surface area contributed by atoms with E-state index in [1.807, 2.05) is 6.07 Å². The highest BCUT2D eigenvalue weighted by Crippen LogP contribution is 2.11. The summed E-state index contributed by atoms with van der Waals surface area (Å²) in [5, 5.41) is 14.5. The Morgan fingerprint density at radius 1 is 1.09 bits per heavy atom. The molecule has 2 aromatic carbocycles. The van der Waals surface area contributed by atoms with Gasteiger partial charge in [0.1, 0.15) is 0 Å². The van der Waals surface area contributed by atoms with Crippen molar-refractivity contribution in [1.29, 1.82) is 5.26 Å². The van der Waals surface area contributed by atoms with Crippen molar-refractivity contribution in [1.82, 2.24) is 0 Å². The SMILES string of the molecule is CC(=O)c1ccc(NCC(=O)Nc2cccc(C#N)c2)cc1. The van der Waals surface area contributed by atoms with E-state index in [0.717, 1.165) is 5.69 Å². The molecule has 0 atom stereocenters. The number of Topliss-reactive ketones (excluding diaryl/α,β-unsaturated/α-hetero) is 1. The molecule has 0 aliphatic rings. The number of nitrogens with one attached hydrogen (secondary N) is 2. The third-order valence-corrected chi connectivity index (χ3v) is 3.02. The lowest BCUT2D eigenvalue weighted by atomic mass is 10.1. The van der Waals surface area contributed by atoms with E-state index in [4.69, 9.17) is 5.26 Å². The number of hydrogen-bond acceptors (Lipinski definition) is 4. The second kappa shape index (κ2) is 7.04. The van der Waals surface area contributed by atoms with Gasteiger partial charge in [-0.05, 0) is 49.4 Å². The molecule has 0 saturated heterocycles. The fourth-order valence-corrected chi connectivity index (χ4v) is 1.88. The molecule has 0 fully saturated rings. The predicted octanol–water partition coefficient (Wildman–Crippen LogP) is 2.81. The second-order valence-corrected chi connectivity index (χ2v) is 4.73. The molecule has 0 unspecified atom stereocenters. The Morgan fingerprint density at radius 2 is 1.82 bits per heavy atom. The number of carbonyl (C=O) groups excluding carboxylic acids is 2. The smallest absolute Gasteiger partial charge is 0.243 e. The zero-order chi connectivity index (χ0) is 15.9. The van der Waals surface area contributed by atoms with Crippen molar-refractivity contribution in [3.63, 3.8) is 0 Å². The van der Waals surface area contributed by atoms with Crippen LogP contribution in [0.1, 0.15) is 22.8 Å². The first-order valence-corrected chi connectivity index (χ1v) is 6.73. The first-order chi connectivity index (χ1) is 10.6. The van der Waals surface area contributed by atoms with E-state index in [9.17, 15) is 9.59 Å². The molecule has 0 bridgehead atoms. The van der Waals surface area contributed by atoms with Crippen molar-refractivity contribution >= 4 is 23.1 Å². The summed E-state index contributed by atoms with van der Waals surface area (Å²) in [7, 11) is 0. The van der Waals surface area contributed by atoms with Gasteiger partial charge < -0.3 is 10.6 Å². The highest BCUT2D eigenvalue weighted by molar-refractivity contribution is 5.95. The van der Waals surface area contributed by atoms with Gasteiger partial charge in [-0.2, -0.15) is 5.26 Å². The molecular formula is C17H15N3O2. The third kappa shape index (κ3) is 4.18. The summed E-state index contributed by atoms with van der Waals surface area (Å²) >= 11 is 0. The molecule has 5 nitrogen and oxygen atoms in total. The number of ketones is 1.